The molecule has 1 aromatic carbocycles. The van der Waals surface area contributed by atoms with Crippen LogP contribution in [0.25, 0.3) is 0 Å². The lowest BCUT2D eigenvalue weighted by Crippen LogP contribution is -2.07. The fourth-order valence-electron chi connectivity index (χ4n) is 1.48. The summed E-state index contributed by atoms with van der Waals surface area (Å²) in [6.07, 6.45) is 0. The van der Waals surface area contributed by atoms with Gasteiger partial charge in [-0.2, -0.15) is 9.97 Å². The van der Waals surface area contributed by atoms with E-state index in [0.29, 0.717) is 17.4 Å². The highest BCUT2D eigenvalue weighted by Crippen LogP contribution is 2.22. The van der Waals surface area contributed by atoms with Crippen molar-refractivity contribution >= 4 is 17.7 Å². The van der Waals surface area contributed by atoms with E-state index in [1.807, 2.05) is 19.9 Å². The number of benzene rings is 1. The summed E-state index contributed by atoms with van der Waals surface area (Å²) in [6, 6.07) is 6.43. The zero-order valence-corrected chi connectivity index (χ0v) is 11.6. The lowest BCUT2D eigenvalue weighted by atomic mass is 10.2. The maximum absolute atomic E-state index is 13.1. The first-order valence-corrected chi connectivity index (χ1v) is 6.92. The summed E-state index contributed by atoms with van der Waals surface area (Å²) in [5.74, 6) is 2.02. The van der Waals surface area contributed by atoms with Crippen LogP contribution in [-0.2, 0) is 5.75 Å². The fraction of sp³-hybridized carbons (Fsp3) is 0.308. The normalized spacial score (nSPS) is 10.9. The predicted octanol–water partition coefficient (Wildman–Crippen LogP) is 3.01. The molecule has 2 aromatic rings. The highest BCUT2D eigenvalue weighted by atomic mass is 32.2. The molecule has 0 aliphatic heterocycles. The van der Waals surface area contributed by atoms with Gasteiger partial charge in [0.05, 0.1) is 5.75 Å². The van der Waals surface area contributed by atoms with E-state index in [4.69, 9.17) is 5.73 Å². The van der Waals surface area contributed by atoms with Gasteiger partial charge in [-0.25, -0.2) is 9.37 Å². The molecule has 19 heavy (non-hydrogen) atoms. The largest absolute Gasteiger partial charge is 0.368 e. The van der Waals surface area contributed by atoms with Crippen molar-refractivity contribution < 1.29 is 4.39 Å². The minimum absolute atomic E-state index is 0.197. The zero-order valence-electron chi connectivity index (χ0n) is 10.8. The van der Waals surface area contributed by atoms with E-state index in [9.17, 15) is 4.39 Å². The van der Waals surface area contributed by atoms with Gasteiger partial charge in [0.15, 0.2) is 0 Å². The Balaban J connectivity index is 2.11. The predicted molar refractivity (Wildman–Crippen MR) is 74.3 cm³/mol. The maximum atomic E-state index is 13.1. The average molecular weight is 278 g/mol. The summed E-state index contributed by atoms with van der Waals surface area (Å²) in [5.41, 5.74) is 5.66. The molecule has 0 radical (unpaired) electrons. The van der Waals surface area contributed by atoms with Crippen molar-refractivity contribution in [1.82, 2.24) is 15.0 Å². The minimum atomic E-state index is -0.247. The van der Waals surface area contributed by atoms with Crippen molar-refractivity contribution in [3.8, 4) is 0 Å². The number of halogens is 1. The van der Waals surface area contributed by atoms with Crippen molar-refractivity contribution in [1.29, 1.82) is 0 Å². The summed E-state index contributed by atoms with van der Waals surface area (Å²) in [5, 5.41) is 0. The van der Waals surface area contributed by atoms with Crippen LogP contribution < -0.4 is 5.73 Å². The molecule has 0 saturated carbocycles. The number of rotatable bonds is 4. The quantitative estimate of drug-likeness (QED) is 0.871. The van der Waals surface area contributed by atoms with Crippen molar-refractivity contribution in [2.45, 2.75) is 30.4 Å². The Labute approximate surface area is 115 Å². The third-order valence-electron chi connectivity index (χ3n) is 2.40. The number of nitrogen functional groups attached to an aromatic ring is 1. The third-order valence-corrected chi connectivity index (χ3v) is 3.39. The van der Waals surface area contributed by atoms with E-state index < -0.39 is 0 Å². The summed E-state index contributed by atoms with van der Waals surface area (Å²) in [6.45, 7) is 4.00. The summed E-state index contributed by atoms with van der Waals surface area (Å²) in [4.78, 5) is 13.4. The number of hydrogen-bond donors (Lipinski definition) is 1. The lowest BCUT2D eigenvalue weighted by molar-refractivity contribution is 0.624. The Morgan fingerprint density at radius 3 is 2.74 bits per heavy atom. The molecule has 100 valence electrons. The molecule has 2 rings (SSSR count). The van der Waals surface area contributed by atoms with Crippen molar-refractivity contribution in [2.75, 3.05) is 5.73 Å². The maximum Gasteiger partial charge on any atom is 0.223 e. The second-order valence-electron chi connectivity index (χ2n) is 4.37. The second kappa shape index (κ2) is 5.97. The Bertz CT molecular complexity index is 574. The third kappa shape index (κ3) is 3.89. The highest BCUT2D eigenvalue weighted by Gasteiger charge is 2.08. The first kappa shape index (κ1) is 13.7. The minimum Gasteiger partial charge on any atom is -0.368 e. The van der Waals surface area contributed by atoms with Gasteiger partial charge >= 0.3 is 0 Å². The number of anilines is 1. The molecule has 2 N–H and O–H groups in total. The summed E-state index contributed by atoms with van der Waals surface area (Å²) in [7, 11) is 0. The Hall–Kier alpha value is -1.69. The van der Waals surface area contributed by atoms with E-state index >= 15 is 0 Å². The Kier molecular flexibility index (Phi) is 4.31. The molecule has 0 amide bonds. The molecule has 0 aliphatic rings. The molecule has 0 unspecified atom stereocenters. The highest BCUT2D eigenvalue weighted by molar-refractivity contribution is 7.98. The molecule has 0 bridgehead atoms. The van der Waals surface area contributed by atoms with Gasteiger partial charge in [-0.15, -0.1) is 11.8 Å². The van der Waals surface area contributed by atoms with Crippen molar-refractivity contribution in [3.05, 3.63) is 41.7 Å². The SMILES string of the molecule is CC(C)c1nc(N)nc(CSc2cccc(F)c2)n1. The Morgan fingerprint density at radius 1 is 1.26 bits per heavy atom. The van der Waals surface area contributed by atoms with Crippen LogP contribution in [0.15, 0.2) is 29.2 Å². The first-order chi connectivity index (χ1) is 9.04. The van der Waals surface area contributed by atoms with Gasteiger partial charge < -0.3 is 5.73 Å². The van der Waals surface area contributed by atoms with Crippen LogP contribution in [-0.4, -0.2) is 15.0 Å². The van der Waals surface area contributed by atoms with Gasteiger partial charge in [0, 0.05) is 10.8 Å². The second-order valence-corrected chi connectivity index (χ2v) is 5.42. The molecule has 4 nitrogen and oxygen atoms in total. The van der Waals surface area contributed by atoms with Crippen LogP contribution in [0.5, 0.6) is 0 Å². The summed E-state index contributed by atoms with van der Waals surface area (Å²) >= 11 is 1.47. The number of aromatic nitrogens is 3. The van der Waals surface area contributed by atoms with Crippen molar-refractivity contribution in [2.24, 2.45) is 0 Å². The van der Waals surface area contributed by atoms with Crippen LogP contribution in [0.1, 0.15) is 31.4 Å². The van der Waals surface area contributed by atoms with Gasteiger partial charge in [-0.05, 0) is 18.2 Å². The topological polar surface area (TPSA) is 64.7 Å². The molecule has 0 atom stereocenters. The molecule has 6 heteroatoms. The van der Waals surface area contributed by atoms with Crippen LogP contribution in [0.3, 0.4) is 0 Å². The standard InChI is InChI=1S/C13H15FN4S/c1-8(2)12-16-11(17-13(15)18-12)7-19-10-5-3-4-9(14)6-10/h3-6,8H,7H2,1-2H3,(H2,15,16,17,18). The van der Waals surface area contributed by atoms with E-state index in [0.717, 1.165) is 4.90 Å². The molecule has 0 spiro atoms. The van der Waals surface area contributed by atoms with Gasteiger partial charge in [-0.3, -0.25) is 0 Å². The van der Waals surface area contributed by atoms with Crippen LogP contribution in [0.4, 0.5) is 10.3 Å². The van der Waals surface area contributed by atoms with Gasteiger partial charge in [0.25, 0.3) is 0 Å². The molecule has 1 heterocycles. The molecule has 0 aliphatic carbocycles. The van der Waals surface area contributed by atoms with E-state index in [2.05, 4.69) is 15.0 Å². The van der Waals surface area contributed by atoms with Gasteiger partial charge in [0.1, 0.15) is 17.5 Å². The van der Waals surface area contributed by atoms with Crippen molar-refractivity contribution in [3.63, 3.8) is 0 Å². The Morgan fingerprint density at radius 2 is 2.05 bits per heavy atom. The fourth-order valence-corrected chi connectivity index (χ4v) is 2.28. The smallest absolute Gasteiger partial charge is 0.223 e. The van der Waals surface area contributed by atoms with Crippen LogP contribution in [0, 0.1) is 5.82 Å². The first-order valence-electron chi connectivity index (χ1n) is 5.93. The zero-order chi connectivity index (χ0) is 13.8. The van der Waals surface area contributed by atoms with Gasteiger partial charge in [0.2, 0.25) is 5.95 Å². The number of hydrogen-bond acceptors (Lipinski definition) is 5. The van der Waals surface area contributed by atoms with E-state index in [1.54, 1.807) is 6.07 Å². The molecule has 0 saturated heterocycles. The van der Waals surface area contributed by atoms with Crippen LogP contribution >= 0.6 is 11.8 Å². The van der Waals surface area contributed by atoms with E-state index in [1.165, 1.54) is 23.9 Å². The molecule has 1 aromatic heterocycles. The average Bonchev–Trinajstić information content (AvgIpc) is 2.36. The summed E-state index contributed by atoms with van der Waals surface area (Å²) < 4.78 is 13.1. The molecular weight excluding hydrogens is 263 g/mol. The molecule has 0 fully saturated rings. The lowest BCUT2D eigenvalue weighted by Gasteiger charge is -2.07. The number of nitrogens with two attached hydrogens (primary N) is 1. The van der Waals surface area contributed by atoms with Gasteiger partial charge in [-0.1, -0.05) is 19.9 Å². The number of thioether (sulfide) groups is 1. The number of nitrogens with zero attached hydrogens (tertiary/aromatic N) is 3. The van der Waals surface area contributed by atoms with Crippen LogP contribution in [0.2, 0.25) is 0 Å². The molecular formula is C13H15FN4S. The monoisotopic (exact) mass is 278 g/mol. The van der Waals surface area contributed by atoms with E-state index in [-0.39, 0.29) is 17.7 Å².